The van der Waals surface area contributed by atoms with Crippen molar-refractivity contribution < 1.29 is 4.39 Å². The number of nitrogens with two attached hydrogens (primary N) is 1. The molecule has 0 fully saturated rings. The standard InChI is InChI=1S/C13H19ClFN/c1-9(2)13(3,8-16)7-10-4-5-11(14)12(15)6-10/h4-6,9H,7-8,16H2,1-3H3. The van der Waals surface area contributed by atoms with Crippen LogP contribution in [-0.2, 0) is 6.42 Å². The highest BCUT2D eigenvalue weighted by molar-refractivity contribution is 6.30. The van der Waals surface area contributed by atoms with E-state index in [2.05, 4.69) is 20.8 Å². The van der Waals surface area contributed by atoms with Gasteiger partial charge in [-0.25, -0.2) is 4.39 Å². The molecule has 0 saturated heterocycles. The van der Waals surface area contributed by atoms with Gasteiger partial charge in [-0.2, -0.15) is 0 Å². The van der Waals surface area contributed by atoms with Gasteiger partial charge in [0.05, 0.1) is 5.02 Å². The molecule has 0 aliphatic carbocycles. The van der Waals surface area contributed by atoms with Crippen molar-refractivity contribution in [3.63, 3.8) is 0 Å². The average molecular weight is 244 g/mol. The minimum atomic E-state index is -0.359. The van der Waals surface area contributed by atoms with Gasteiger partial charge >= 0.3 is 0 Å². The third kappa shape index (κ3) is 2.96. The molecule has 16 heavy (non-hydrogen) atoms. The molecule has 1 unspecified atom stereocenters. The zero-order chi connectivity index (χ0) is 12.3. The van der Waals surface area contributed by atoms with Crippen LogP contribution in [0.5, 0.6) is 0 Å². The normalized spacial score (nSPS) is 15.2. The predicted molar refractivity (Wildman–Crippen MR) is 67.1 cm³/mol. The van der Waals surface area contributed by atoms with E-state index in [-0.39, 0.29) is 16.3 Å². The highest BCUT2D eigenvalue weighted by Gasteiger charge is 2.27. The molecule has 0 bridgehead atoms. The molecular formula is C13H19ClFN. The maximum absolute atomic E-state index is 13.3. The van der Waals surface area contributed by atoms with Gasteiger partial charge in [0.2, 0.25) is 0 Å². The summed E-state index contributed by atoms with van der Waals surface area (Å²) in [7, 11) is 0. The van der Waals surface area contributed by atoms with E-state index in [1.807, 2.05) is 6.07 Å². The molecule has 0 radical (unpaired) electrons. The maximum Gasteiger partial charge on any atom is 0.142 e. The Bertz CT molecular complexity index is 365. The van der Waals surface area contributed by atoms with Gasteiger partial charge in [0, 0.05) is 0 Å². The highest BCUT2D eigenvalue weighted by atomic mass is 35.5. The van der Waals surface area contributed by atoms with Crippen LogP contribution in [0.25, 0.3) is 0 Å². The molecule has 0 heterocycles. The second kappa shape index (κ2) is 5.15. The van der Waals surface area contributed by atoms with Crippen molar-refractivity contribution in [2.24, 2.45) is 17.1 Å². The quantitative estimate of drug-likeness (QED) is 0.859. The molecule has 0 spiro atoms. The summed E-state index contributed by atoms with van der Waals surface area (Å²) < 4.78 is 13.3. The minimum Gasteiger partial charge on any atom is -0.330 e. The first-order valence-electron chi connectivity index (χ1n) is 5.53. The first-order chi connectivity index (χ1) is 7.39. The number of rotatable bonds is 4. The molecule has 0 aliphatic heterocycles. The zero-order valence-corrected chi connectivity index (χ0v) is 10.8. The van der Waals surface area contributed by atoms with E-state index in [4.69, 9.17) is 17.3 Å². The highest BCUT2D eigenvalue weighted by Crippen LogP contribution is 2.31. The molecule has 0 aromatic heterocycles. The fourth-order valence-corrected chi connectivity index (χ4v) is 1.75. The van der Waals surface area contributed by atoms with Gasteiger partial charge < -0.3 is 5.73 Å². The smallest absolute Gasteiger partial charge is 0.142 e. The second-order valence-corrected chi connectivity index (χ2v) is 5.35. The molecule has 1 nitrogen and oxygen atoms in total. The summed E-state index contributed by atoms with van der Waals surface area (Å²) in [6.45, 7) is 7.00. The Hall–Kier alpha value is -0.600. The van der Waals surface area contributed by atoms with Gasteiger partial charge in [-0.15, -0.1) is 0 Å². The molecule has 2 N–H and O–H groups in total. The van der Waals surface area contributed by atoms with Gasteiger partial charge in [0.15, 0.2) is 0 Å². The van der Waals surface area contributed by atoms with Gasteiger partial charge in [0.1, 0.15) is 5.82 Å². The Labute approximate surface area is 102 Å². The third-order valence-corrected chi connectivity index (χ3v) is 3.76. The van der Waals surface area contributed by atoms with Crippen molar-refractivity contribution in [2.75, 3.05) is 6.54 Å². The molecule has 0 saturated carbocycles. The van der Waals surface area contributed by atoms with Gasteiger partial charge in [0.25, 0.3) is 0 Å². The SMILES string of the molecule is CC(C)C(C)(CN)Cc1ccc(Cl)c(F)c1. The molecule has 1 atom stereocenters. The van der Waals surface area contributed by atoms with Crippen LogP contribution in [0.15, 0.2) is 18.2 Å². The van der Waals surface area contributed by atoms with Gasteiger partial charge in [-0.05, 0) is 42.0 Å². The second-order valence-electron chi connectivity index (χ2n) is 4.94. The monoisotopic (exact) mass is 243 g/mol. The molecule has 3 heteroatoms. The van der Waals surface area contributed by atoms with Gasteiger partial charge in [-0.3, -0.25) is 0 Å². The third-order valence-electron chi connectivity index (χ3n) is 3.45. The molecule has 1 aromatic rings. The van der Waals surface area contributed by atoms with E-state index in [0.717, 1.165) is 12.0 Å². The summed E-state index contributed by atoms with van der Waals surface area (Å²) in [4.78, 5) is 0. The number of hydrogen-bond donors (Lipinski definition) is 1. The van der Waals surface area contributed by atoms with Crippen molar-refractivity contribution >= 4 is 11.6 Å². The van der Waals surface area contributed by atoms with E-state index < -0.39 is 0 Å². The lowest BCUT2D eigenvalue weighted by Gasteiger charge is -2.32. The average Bonchev–Trinajstić information content (AvgIpc) is 2.23. The first-order valence-corrected chi connectivity index (χ1v) is 5.91. The van der Waals surface area contributed by atoms with Gasteiger partial charge in [-0.1, -0.05) is 38.4 Å². The van der Waals surface area contributed by atoms with Crippen LogP contribution < -0.4 is 5.73 Å². The van der Waals surface area contributed by atoms with Crippen LogP contribution in [0.4, 0.5) is 4.39 Å². The van der Waals surface area contributed by atoms with Crippen molar-refractivity contribution in [2.45, 2.75) is 27.2 Å². The fourth-order valence-electron chi connectivity index (χ4n) is 1.63. The summed E-state index contributed by atoms with van der Waals surface area (Å²) in [5.41, 5.74) is 6.75. The van der Waals surface area contributed by atoms with Crippen LogP contribution >= 0.6 is 11.6 Å². The number of halogens is 2. The summed E-state index contributed by atoms with van der Waals surface area (Å²) in [5, 5.41) is 0.169. The Kier molecular flexibility index (Phi) is 4.34. The molecule has 1 rings (SSSR count). The van der Waals surface area contributed by atoms with Crippen LogP contribution in [0.3, 0.4) is 0 Å². The van der Waals surface area contributed by atoms with Crippen LogP contribution in [0.2, 0.25) is 5.02 Å². The molecular weight excluding hydrogens is 225 g/mol. The first kappa shape index (κ1) is 13.5. The molecule has 90 valence electrons. The summed E-state index contributed by atoms with van der Waals surface area (Å²) >= 11 is 5.65. The predicted octanol–water partition coefficient (Wildman–Crippen LogP) is 3.64. The molecule has 0 aliphatic rings. The molecule has 0 amide bonds. The van der Waals surface area contributed by atoms with E-state index in [1.54, 1.807) is 6.07 Å². The van der Waals surface area contributed by atoms with Crippen LogP contribution in [0.1, 0.15) is 26.3 Å². The van der Waals surface area contributed by atoms with E-state index in [9.17, 15) is 4.39 Å². The van der Waals surface area contributed by atoms with E-state index >= 15 is 0 Å². The van der Waals surface area contributed by atoms with Crippen molar-refractivity contribution in [1.82, 2.24) is 0 Å². The van der Waals surface area contributed by atoms with Crippen molar-refractivity contribution in [3.05, 3.63) is 34.6 Å². The maximum atomic E-state index is 13.3. The number of benzene rings is 1. The Morgan fingerprint density at radius 3 is 2.50 bits per heavy atom. The summed E-state index contributed by atoms with van der Waals surface area (Å²) in [6.07, 6.45) is 0.773. The zero-order valence-electron chi connectivity index (χ0n) is 10.1. The summed E-state index contributed by atoms with van der Waals surface area (Å²) in [5.74, 6) is 0.0959. The largest absolute Gasteiger partial charge is 0.330 e. The molecule has 1 aromatic carbocycles. The fraction of sp³-hybridized carbons (Fsp3) is 0.538. The summed E-state index contributed by atoms with van der Waals surface area (Å²) in [6, 6.07) is 4.96. The lowest BCUT2D eigenvalue weighted by atomic mass is 9.74. The lowest BCUT2D eigenvalue weighted by molar-refractivity contribution is 0.227. The van der Waals surface area contributed by atoms with Crippen LogP contribution in [0, 0.1) is 17.2 Å². The Balaban J connectivity index is 2.90. The van der Waals surface area contributed by atoms with Crippen molar-refractivity contribution in [1.29, 1.82) is 0 Å². The minimum absolute atomic E-state index is 0.000267. The van der Waals surface area contributed by atoms with Crippen LogP contribution in [-0.4, -0.2) is 6.54 Å². The lowest BCUT2D eigenvalue weighted by Crippen LogP contribution is -2.34. The topological polar surface area (TPSA) is 26.0 Å². The van der Waals surface area contributed by atoms with Crippen molar-refractivity contribution in [3.8, 4) is 0 Å². The van der Waals surface area contributed by atoms with E-state index in [1.165, 1.54) is 6.07 Å². The Morgan fingerprint density at radius 1 is 1.44 bits per heavy atom. The Morgan fingerprint density at radius 2 is 2.06 bits per heavy atom. The van der Waals surface area contributed by atoms with E-state index in [0.29, 0.717) is 12.5 Å². The number of hydrogen-bond acceptors (Lipinski definition) is 1.